The van der Waals surface area contributed by atoms with Crippen molar-refractivity contribution >= 4 is 17.6 Å². The molecule has 21 heavy (non-hydrogen) atoms. The Morgan fingerprint density at radius 3 is 2.67 bits per heavy atom. The third kappa shape index (κ3) is 2.33. The maximum absolute atomic E-state index is 9.20. The van der Waals surface area contributed by atoms with Gasteiger partial charge in [-0.05, 0) is 12.5 Å². The highest BCUT2D eigenvalue weighted by Crippen LogP contribution is 2.47. The number of nitrogens with one attached hydrogen (secondary N) is 1. The highest BCUT2D eigenvalue weighted by Gasteiger charge is 2.34. The van der Waals surface area contributed by atoms with Gasteiger partial charge in [-0.2, -0.15) is 10.5 Å². The molecule has 2 heterocycles. The Labute approximate surface area is 127 Å². The molecule has 102 valence electrons. The zero-order valence-corrected chi connectivity index (χ0v) is 12.2. The average Bonchev–Trinajstić information content (AvgIpc) is 2.93. The highest BCUT2D eigenvalue weighted by atomic mass is 32.2. The molecule has 5 heteroatoms. The zero-order chi connectivity index (χ0) is 14.8. The summed E-state index contributed by atoms with van der Waals surface area (Å²) < 4.78 is 0. The second kappa shape index (κ2) is 5.47. The third-order valence-corrected chi connectivity index (χ3v) is 4.57. The number of hydrogen-bond donors (Lipinski definition) is 1. The van der Waals surface area contributed by atoms with E-state index in [1.807, 2.05) is 37.3 Å². The minimum absolute atomic E-state index is 0.111. The molecule has 1 unspecified atom stereocenters. The Kier molecular flexibility index (Phi) is 3.51. The summed E-state index contributed by atoms with van der Waals surface area (Å²) >= 11 is 1.67. The van der Waals surface area contributed by atoms with Crippen LogP contribution in [-0.4, -0.2) is 11.6 Å². The van der Waals surface area contributed by atoms with Crippen LogP contribution in [0.4, 0.5) is 0 Å². The molecule has 1 aromatic carbocycles. The molecule has 0 radical (unpaired) electrons. The van der Waals surface area contributed by atoms with Crippen molar-refractivity contribution in [2.75, 3.05) is 5.75 Å². The van der Waals surface area contributed by atoms with Gasteiger partial charge in [-0.1, -0.05) is 30.3 Å². The number of nitrogens with zero attached hydrogens (tertiary/aromatic N) is 3. The van der Waals surface area contributed by atoms with Gasteiger partial charge in [0, 0.05) is 17.2 Å². The van der Waals surface area contributed by atoms with Crippen LogP contribution in [-0.2, 0) is 0 Å². The molecule has 2 aliphatic heterocycles. The van der Waals surface area contributed by atoms with Crippen LogP contribution in [0.1, 0.15) is 18.4 Å². The summed E-state index contributed by atoms with van der Waals surface area (Å²) in [7, 11) is 0. The molecule has 1 aromatic rings. The van der Waals surface area contributed by atoms with E-state index in [0.717, 1.165) is 16.4 Å². The summed E-state index contributed by atoms with van der Waals surface area (Å²) in [5, 5.41) is 22.4. The summed E-state index contributed by atoms with van der Waals surface area (Å²) in [6, 6.07) is 14.1. The number of benzene rings is 1. The van der Waals surface area contributed by atoms with Gasteiger partial charge in [0.15, 0.2) is 5.57 Å². The van der Waals surface area contributed by atoms with Crippen molar-refractivity contribution < 1.29 is 0 Å². The van der Waals surface area contributed by atoms with E-state index in [4.69, 9.17) is 0 Å². The van der Waals surface area contributed by atoms with Gasteiger partial charge in [0.05, 0.1) is 5.70 Å². The molecule has 0 saturated heterocycles. The van der Waals surface area contributed by atoms with Gasteiger partial charge >= 0.3 is 0 Å². The van der Waals surface area contributed by atoms with E-state index in [9.17, 15) is 10.5 Å². The summed E-state index contributed by atoms with van der Waals surface area (Å²) in [6.45, 7) is 1.84. The van der Waals surface area contributed by atoms with Crippen LogP contribution in [0, 0.1) is 22.7 Å². The minimum Gasteiger partial charge on any atom is -0.342 e. The smallest absolute Gasteiger partial charge is 0.153 e. The molecule has 0 aliphatic carbocycles. The van der Waals surface area contributed by atoms with E-state index in [1.165, 1.54) is 5.56 Å². The zero-order valence-electron chi connectivity index (χ0n) is 11.4. The molecule has 1 atom stereocenters. The first-order chi connectivity index (χ1) is 10.2. The Morgan fingerprint density at radius 2 is 2.00 bits per heavy atom. The molecule has 0 saturated carbocycles. The van der Waals surface area contributed by atoms with Crippen molar-refractivity contribution in [3.05, 3.63) is 57.8 Å². The number of allylic oxidation sites excluding steroid dienone is 2. The first kappa shape index (κ1) is 13.5. The lowest BCUT2D eigenvalue weighted by Crippen LogP contribution is -2.27. The van der Waals surface area contributed by atoms with Gasteiger partial charge in [0.1, 0.15) is 23.0 Å². The van der Waals surface area contributed by atoms with Crippen molar-refractivity contribution in [1.82, 2.24) is 5.32 Å². The Morgan fingerprint density at radius 1 is 1.29 bits per heavy atom. The molecular formula is C16H12N4S. The third-order valence-electron chi connectivity index (χ3n) is 3.49. The van der Waals surface area contributed by atoms with Gasteiger partial charge in [-0.25, -0.2) is 4.99 Å². The molecule has 0 spiro atoms. The number of rotatable bonds is 1. The molecule has 0 aromatic heterocycles. The number of nitriles is 2. The monoisotopic (exact) mass is 292 g/mol. The maximum atomic E-state index is 9.20. The minimum atomic E-state index is 0.111. The predicted octanol–water partition coefficient (Wildman–Crippen LogP) is 3.05. The molecule has 4 nitrogen and oxygen atoms in total. The number of hydrogen-bond acceptors (Lipinski definition) is 5. The maximum Gasteiger partial charge on any atom is 0.153 e. The summed E-state index contributed by atoms with van der Waals surface area (Å²) in [5.74, 6) is 1.75. The Hall–Kier alpha value is -2.50. The number of amidine groups is 1. The second-order valence-electron chi connectivity index (χ2n) is 4.79. The Balaban J connectivity index is 2.16. The van der Waals surface area contributed by atoms with Gasteiger partial charge in [0.25, 0.3) is 0 Å². The predicted molar refractivity (Wildman–Crippen MR) is 83.2 cm³/mol. The van der Waals surface area contributed by atoms with Crippen molar-refractivity contribution in [3.8, 4) is 12.1 Å². The lowest BCUT2D eigenvalue weighted by atomic mass is 9.89. The summed E-state index contributed by atoms with van der Waals surface area (Å²) in [5.41, 5.74) is 2.87. The normalized spacial score (nSPS) is 20.0. The second-order valence-corrected chi connectivity index (χ2v) is 5.80. The van der Waals surface area contributed by atoms with Crippen molar-refractivity contribution in [2.45, 2.75) is 12.8 Å². The lowest BCUT2D eigenvalue weighted by Gasteiger charge is -2.22. The molecule has 1 N–H and O–H groups in total. The van der Waals surface area contributed by atoms with E-state index < -0.39 is 0 Å². The first-order valence-electron chi connectivity index (χ1n) is 6.53. The van der Waals surface area contributed by atoms with E-state index in [-0.39, 0.29) is 11.5 Å². The average molecular weight is 292 g/mol. The highest BCUT2D eigenvalue weighted by molar-refractivity contribution is 8.03. The molecule has 2 aliphatic rings. The van der Waals surface area contributed by atoms with Crippen LogP contribution in [0.2, 0.25) is 0 Å². The quantitative estimate of drug-likeness (QED) is 0.807. The molecule has 3 rings (SSSR count). The van der Waals surface area contributed by atoms with Crippen LogP contribution in [0.25, 0.3) is 0 Å². The van der Waals surface area contributed by atoms with E-state index in [2.05, 4.69) is 22.4 Å². The number of thioether (sulfide) groups is 1. The van der Waals surface area contributed by atoms with Gasteiger partial charge in [-0.15, -0.1) is 11.8 Å². The van der Waals surface area contributed by atoms with E-state index >= 15 is 0 Å². The topological polar surface area (TPSA) is 72.0 Å². The first-order valence-corrected chi connectivity index (χ1v) is 7.52. The lowest BCUT2D eigenvalue weighted by molar-refractivity contribution is 0.883. The molecule has 0 fully saturated rings. The fourth-order valence-corrected chi connectivity index (χ4v) is 3.84. The van der Waals surface area contributed by atoms with Crippen LogP contribution in [0.3, 0.4) is 0 Å². The van der Waals surface area contributed by atoms with Crippen molar-refractivity contribution in [1.29, 1.82) is 10.5 Å². The molecule has 0 bridgehead atoms. The van der Waals surface area contributed by atoms with E-state index in [0.29, 0.717) is 11.5 Å². The SMILES string of the molecule is CC1=NC2=C(C(=C(C#N)C#N)N1)C(c1ccccc1)CS2. The van der Waals surface area contributed by atoms with Crippen LogP contribution >= 0.6 is 11.8 Å². The largest absolute Gasteiger partial charge is 0.342 e. The van der Waals surface area contributed by atoms with Gasteiger partial charge in [-0.3, -0.25) is 0 Å². The fraction of sp³-hybridized carbons (Fsp3) is 0.188. The van der Waals surface area contributed by atoms with Gasteiger partial charge < -0.3 is 5.32 Å². The van der Waals surface area contributed by atoms with E-state index in [1.54, 1.807) is 11.8 Å². The molecular weight excluding hydrogens is 280 g/mol. The van der Waals surface area contributed by atoms with Crippen LogP contribution in [0.5, 0.6) is 0 Å². The van der Waals surface area contributed by atoms with Gasteiger partial charge in [0.2, 0.25) is 0 Å². The van der Waals surface area contributed by atoms with Crippen LogP contribution in [0.15, 0.2) is 57.2 Å². The van der Waals surface area contributed by atoms with Crippen molar-refractivity contribution in [3.63, 3.8) is 0 Å². The van der Waals surface area contributed by atoms with Crippen molar-refractivity contribution in [2.24, 2.45) is 4.99 Å². The fourth-order valence-electron chi connectivity index (χ4n) is 2.56. The number of aliphatic imine (C=N–C) groups is 1. The Bertz CT molecular complexity index is 744. The summed E-state index contributed by atoms with van der Waals surface area (Å²) in [4.78, 5) is 4.52. The molecule has 0 amide bonds. The standard InChI is InChI=1S/C16H12N4S/c1-10-19-15(12(7-17)8-18)14-13(9-21-16(14)20-10)11-5-3-2-4-6-11/h2-6,13H,9H2,1H3,(H,19,20). The van der Waals surface area contributed by atoms with Crippen LogP contribution < -0.4 is 5.32 Å². The summed E-state index contributed by atoms with van der Waals surface area (Å²) in [6.07, 6.45) is 0.